The highest BCUT2D eigenvalue weighted by Crippen LogP contribution is 2.24. The standard InChI is InChI=1S/C22H28N2O5/c1-14-19(15(2)24(5)20(14)22(27)28-6)21(26)16(3)23(4)18(25)13-29-12-17-10-8-7-9-11-17/h7-11,16H,12-13H2,1-6H3/t16-/m0/s1. The Bertz CT molecular complexity index is 902. The summed E-state index contributed by atoms with van der Waals surface area (Å²) in [6.45, 7) is 5.35. The van der Waals surface area contributed by atoms with Crippen molar-refractivity contribution >= 4 is 17.7 Å². The summed E-state index contributed by atoms with van der Waals surface area (Å²) in [5, 5.41) is 0. The van der Waals surface area contributed by atoms with Gasteiger partial charge < -0.3 is 18.9 Å². The summed E-state index contributed by atoms with van der Waals surface area (Å²) < 4.78 is 12.0. The minimum Gasteiger partial charge on any atom is -0.464 e. The first kappa shape index (κ1) is 22.4. The van der Waals surface area contributed by atoms with Gasteiger partial charge in [-0.2, -0.15) is 0 Å². The molecule has 1 aromatic heterocycles. The Morgan fingerprint density at radius 1 is 1.14 bits per heavy atom. The van der Waals surface area contributed by atoms with E-state index in [2.05, 4.69) is 0 Å². The SMILES string of the molecule is COC(=O)c1c(C)c(C(=O)[C@H](C)N(C)C(=O)COCc2ccccc2)c(C)n1C. The number of nitrogens with zero attached hydrogens (tertiary/aromatic N) is 2. The van der Waals surface area contributed by atoms with Gasteiger partial charge in [0.25, 0.3) is 0 Å². The number of methoxy groups -OCH3 is 1. The molecule has 0 aliphatic carbocycles. The zero-order valence-corrected chi connectivity index (χ0v) is 17.8. The van der Waals surface area contributed by atoms with Gasteiger partial charge in [0.15, 0.2) is 5.78 Å². The smallest absolute Gasteiger partial charge is 0.354 e. The molecule has 1 heterocycles. The highest BCUT2D eigenvalue weighted by Gasteiger charge is 2.30. The first-order valence-corrected chi connectivity index (χ1v) is 9.36. The predicted molar refractivity (Wildman–Crippen MR) is 109 cm³/mol. The van der Waals surface area contributed by atoms with Crippen LogP contribution in [-0.4, -0.2) is 53.9 Å². The number of hydrogen-bond donors (Lipinski definition) is 0. The fourth-order valence-corrected chi connectivity index (χ4v) is 3.26. The second kappa shape index (κ2) is 9.52. The third kappa shape index (κ3) is 4.74. The van der Waals surface area contributed by atoms with E-state index in [1.54, 1.807) is 39.4 Å². The Morgan fingerprint density at radius 2 is 1.76 bits per heavy atom. The molecular formula is C22H28N2O5. The number of ether oxygens (including phenoxy) is 2. The molecule has 156 valence electrons. The normalized spacial score (nSPS) is 11.8. The number of aromatic nitrogens is 1. The monoisotopic (exact) mass is 400 g/mol. The summed E-state index contributed by atoms with van der Waals surface area (Å²) in [4.78, 5) is 39.0. The predicted octanol–water partition coefficient (Wildman–Crippen LogP) is 2.67. The summed E-state index contributed by atoms with van der Waals surface area (Å²) in [5.41, 5.74) is 2.94. The van der Waals surface area contributed by atoms with E-state index in [4.69, 9.17) is 9.47 Å². The van der Waals surface area contributed by atoms with Crippen LogP contribution in [0.3, 0.4) is 0 Å². The van der Waals surface area contributed by atoms with Crippen LogP contribution in [0.4, 0.5) is 0 Å². The van der Waals surface area contributed by atoms with Gasteiger partial charge in [0.05, 0.1) is 19.8 Å². The van der Waals surface area contributed by atoms with E-state index in [-0.39, 0.29) is 18.3 Å². The van der Waals surface area contributed by atoms with Gasteiger partial charge in [-0.3, -0.25) is 9.59 Å². The van der Waals surface area contributed by atoms with E-state index in [9.17, 15) is 14.4 Å². The van der Waals surface area contributed by atoms with Crippen molar-refractivity contribution in [1.29, 1.82) is 0 Å². The van der Waals surface area contributed by atoms with Crippen molar-refractivity contribution in [2.24, 2.45) is 7.05 Å². The molecule has 2 rings (SSSR count). The zero-order chi connectivity index (χ0) is 21.7. The first-order valence-electron chi connectivity index (χ1n) is 9.36. The van der Waals surface area contributed by atoms with Crippen molar-refractivity contribution in [1.82, 2.24) is 9.47 Å². The molecule has 7 heteroatoms. The second-order valence-corrected chi connectivity index (χ2v) is 7.01. The molecule has 0 unspecified atom stereocenters. The maximum absolute atomic E-state index is 13.1. The van der Waals surface area contributed by atoms with Crippen molar-refractivity contribution in [2.75, 3.05) is 20.8 Å². The van der Waals surface area contributed by atoms with E-state index in [0.717, 1.165) is 5.56 Å². The van der Waals surface area contributed by atoms with Crippen molar-refractivity contribution < 1.29 is 23.9 Å². The quantitative estimate of drug-likeness (QED) is 0.503. The largest absolute Gasteiger partial charge is 0.464 e. The first-order chi connectivity index (χ1) is 13.7. The van der Waals surface area contributed by atoms with E-state index in [0.29, 0.717) is 29.1 Å². The lowest BCUT2D eigenvalue weighted by Crippen LogP contribution is -2.42. The van der Waals surface area contributed by atoms with Crippen LogP contribution in [0.25, 0.3) is 0 Å². The number of rotatable bonds is 8. The Labute approximate surface area is 171 Å². The summed E-state index contributed by atoms with van der Waals surface area (Å²) in [6.07, 6.45) is 0. The van der Waals surface area contributed by atoms with Crippen LogP contribution in [0, 0.1) is 13.8 Å². The summed E-state index contributed by atoms with van der Waals surface area (Å²) in [7, 11) is 4.59. The fraction of sp³-hybridized carbons (Fsp3) is 0.409. The lowest BCUT2D eigenvalue weighted by molar-refractivity contribution is -0.136. The van der Waals surface area contributed by atoms with E-state index < -0.39 is 12.0 Å². The third-order valence-corrected chi connectivity index (χ3v) is 5.25. The summed E-state index contributed by atoms with van der Waals surface area (Å²) in [6, 6.07) is 8.85. The number of hydrogen-bond acceptors (Lipinski definition) is 5. The molecule has 0 N–H and O–H groups in total. The Hall–Kier alpha value is -2.93. The Balaban J connectivity index is 2.09. The van der Waals surface area contributed by atoms with Crippen LogP contribution in [0.1, 0.15) is 44.6 Å². The van der Waals surface area contributed by atoms with Crippen molar-refractivity contribution in [3.63, 3.8) is 0 Å². The number of benzene rings is 1. The minimum atomic E-state index is -0.701. The van der Waals surface area contributed by atoms with Crippen molar-refractivity contribution in [2.45, 2.75) is 33.4 Å². The number of carbonyl (C=O) groups is 3. The average Bonchev–Trinajstić information content (AvgIpc) is 2.94. The van der Waals surface area contributed by atoms with Crippen LogP contribution in [0.15, 0.2) is 30.3 Å². The molecule has 0 fully saturated rings. The molecule has 0 saturated carbocycles. The molecule has 2 aromatic rings. The molecule has 0 radical (unpaired) electrons. The van der Waals surface area contributed by atoms with Crippen LogP contribution < -0.4 is 0 Å². The van der Waals surface area contributed by atoms with Gasteiger partial charge in [-0.15, -0.1) is 0 Å². The molecule has 0 bridgehead atoms. The Morgan fingerprint density at radius 3 is 2.34 bits per heavy atom. The Kier molecular flexibility index (Phi) is 7.34. The molecule has 7 nitrogen and oxygen atoms in total. The molecule has 0 saturated heterocycles. The number of likely N-dealkylation sites (N-methyl/N-ethyl adjacent to an activating group) is 1. The molecule has 1 amide bonds. The van der Waals surface area contributed by atoms with Crippen molar-refractivity contribution in [3.05, 3.63) is 58.4 Å². The molecular weight excluding hydrogens is 372 g/mol. The van der Waals surface area contributed by atoms with Crippen LogP contribution in [-0.2, 0) is 27.9 Å². The lowest BCUT2D eigenvalue weighted by Gasteiger charge is -2.24. The fourth-order valence-electron chi connectivity index (χ4n) is 3.26. The maximum Gasteiger partial charge on any atom is 0.354 e. The van der Waals surface area contributed by atoms with Gasteiger partial charge in [0.2, 0.25) is 5.91 Å². The van der Waals surface area contributed by atoms with Crippen molar-refractivity contribution in [3.8, 4) is 0 Å². The molecule has 29 heavy (non-hydrogen) atoms. The van der Waals surface area contributed by atoms with Gasteiger partial charge in [-0.1, -0.05) is 30.3 Å². The lowest BCUT2D eigenvalue weighted by atomic mass is 10.00. The van der Waals surface area contributed by atoms with Crippen LogP contribution >= 0.6 is 0 Å². The number of carbonyl (C=O) groups excluding carboxylic acids is 3. The van der Waals surface area contributed by atoms with E-state index in [1.165, 1.54) is 12.0 Å². The number of amides is 1. The van der Waals surface area contributed by atoms with E-state index >= 15 is 0 Å². The van der Waals surface area contributed by atoms with Gasteiger partial charge in [0.1, 0.15) is 12.3 Å². The molecule has 1 atom stereocenters. The van der Waals surface area contributed by atoms with Gasteiger partial charge in [-0.05, 0) is 31.9 Å². The maximum atomic E-state index is 13.1. The molecule has 0 aliphatic rings. The third-order valence-electron chi connectivity index (χ3n) is 5.25. The molecule has 0 spiro atoms. The van der Waals surface area contributed by atoms with Crippen LogP contribution in [0.5, 0.6) is 0 Å². The summed E-state index contributed by atoms with van der Waals surface area (Å²) in [5.74, 6) is -1.02. The number of Topliss-reactive ketones (excluding diaryl/α,β-unsaturated/α-hetero) is 1. The molecule has 0 aliphatic heterocycles. The molecule has 1 aromatic carbocycles. The highest BCUT2D eigenvalue weighted by molar-refractivity contribution is 6.06. The summed E-state index contributed by atoms with van der Waals surface area (Å²) >= 11 is 0. The van der Waals surface area contributed by atoms with Gasteiger partial charge >= 0.3 is 5.97 Å². The van der Waals surface area contributed by atoms with Gasteiger partial charge in [-0.25, -0.2) is 4.79 Å². The van der Waals surface area contributed by atoms with Crippen LogP contribution in [0.2, 0.25) is 0 Å². The second-order valence-electron chi connectivity index (χ2n) is 7.01. The zero-order valence-electron chi connectivity index (χ0n) is 17.8. The highest BCUT2D eigenvalue weighted by atomic mass is 16.5. The number of esters is 1. The topological polar surface area (TPSA) is 77.8 Å². The van der Waals surface area contributed by atoms with Gasteiger partial charge in [0, 0.05) is 25.4 Å². The van der Waals surface area contributed by atoms with E-state index in [1.807, 2.05) is 30.3 Å². The average molecular weight is 400 g/mol. The number of ketones is 1. The minimum absolute atomic E-state index is 0.122.